The molecule has 0 atom stereocenters. The monoisotopic (exact) mass is 204 g/mol. The topological polar surface area (TPSA) is 0 Å². The first-order chi connectivity index (χ1) is 5.33. The molecule has 0 heterocycles. The van der Waals surface area contributed by atoms with E-state index < -0.39 is 0 Å². The summed E-state index contributed by atoms with van der Waals surface area (Å²) in [5, 5.41) is 0. The molecule has 0 N–H and O–H groups in total. The molecule has 1 heteroatoms. The Balaban J connectivity index is 2.93. The molecule has 0 nitrogen and oxygen atoms in total. The fourth-order valence-electron chi connectivity index (χ4n) is 0.641. The third-order valence-electron chi connectivity index (χ3n) is 1.12. The zero-order chi connectivity index (χ0) is 8.10. The maximum absolute atomic E-state index is 4.97. The fourth-order valence-corrected chi connectivity index (χ4v) is 0.906. The van der Waals surface area contributed by atoms with E-state index in [2.05, 4.69) is 33.7 Å². The van der Waals surface area contributed by atoms with E-state index >= 15 is 0 Å². The van der Waals surface area contributed by atoms with Crippen LogP contribution < -0.4 is 0 Å². The van der Waals surface area contributed by atoms with E-state index in [0.29, 0.717) is 0 Å². The number of benzene rings is 1. The molecule has 1 aromatic carbocycles. The first kappa shape index (κ1) is 7.92. The lowest BCUT2D eigenvalue weighted by Crippen LogP contribution is -1.71. The molecule has 0 saturated heterocycles. The van der Waals surface area contributed by atoms with Gasteiger partial charge >= 0.3 is 0 Å². The molecule has 1 aromatic rings. The summed E-state index contributed by atoms with van der Waals surface area (Å²) in [5.41, 5.74) is 0.936. The Morgan fingerprint density at radius 2 is 1.82 bits per heavy atom. The van der Waals surface area contributed by atoms with Gasteiger partial charge < -0.3 is 0 Å². The Hall–Kier alpha value is -1.18. The van der Waals surface area contributed by atoms with Crippen LogP contribution in [0.3, 0.4) is 0 Å². The summed E-state index contributed by atoms with van der Waals surface area (Å²) >= 11 is 3.33. The van der Waals surface area contributed by atoms with Gasteiger partial charge in [0.1, 0.15) is 0 Å². The highest BCUT2D eigenvalue weighted by atomic mass is 79.9. The van der Waals surface area contributed by atoms with Gasteiger partial charge in [-0.25, -0.2) is 0 Å². The maximum atomic E-state index is 4.97. The van der Waals surface area contributed by atoms with Crippen LogP contribution >= 0.6 is 15.9 Å². The SMILES string of the molecule is C#CC#Cc1ccc(Br)cc1. The second-order valence-corrected chi connectivity index (χ2v) is 2.82. The minimum atomic E-state index is 0.936. The van der Waals surface area contributed by atoms with Gasteiger partial charge in [-0.05, 0) is 36.1 Å². The highest BCUT2D eigenvalue weighted by molar-refractivity contribution is 9.10. The van der Waals surface area contributed by atoms with Crippen LogP contribution in [0.25, 0.3) is 0 Å². The molecule has 0 aliphatic heterocycles. The van der Waals surface area contributed by atoms with Crippen molar-refractivity contribution < 1.29 is 0 Å². The Morgan fingerprint density at radius 3 is 2.36 bits per heavy atom. The number of hydrogen-bond acceptors (Lipinski definition) is 0. The molecule has 0 aliphatic rings. The molecule has 0 aliphatic carbocycles. The van der Waals surface area contributed by atoms with Crippen LogP contribution in [-0.2, 0) is 0 Å². The molecule has 0 unspecified atom stereocenters. The Kier molecular flexibility index (Phi) is 2.78. The van der Waals surface area contributed by atoms with Crippen LogP contribution in [0.5, 0.6) is 0 Å². The summed E-state index contributed by atoms with van der Waals surface area (Å²) in [6.45, 7) is 0. The van der Waals surface area contributed by atoms with E-state index in [1.165, 1.54) is 0 Å². The highest BCUT2D eigenvalue weighted by Crippen LogP contribution is 2.09. The van der Waals surface area contributed by atoms with Gasteiger partial charge in [-0.15, -0.1) is 6.42 Å². The number of halogens is 1. The van der Waals surface area contributed by atoms with Crippen molar-refractivity contribution in [3.8, 4) is 24.2 Å². The minimum absolute atomic E-state index is 0.936. The maximum Gasteiger partial charge on any atom is 0.0256 e. The molecule has 0 bridgehead atoms. The minimum Gasteiger partial charge on any atom is -0.106 e. The Labute approximate surface area is 74.8 Å². The first-order valence-electron chi connectivity index (χ1n) is 3.05. The van der Waals surface area contributed by atoms with Crippen molar-refractivity contribution in [2.75, 3.05) is 0 Å². The first-order valence-corrected chi connectivity index (χ1v) is 3.84. The van der Waals surface area contributed by atoms with Crippen molar-refractivity contribution in [2.45, 2.75) is 0 Å². The standard InChI is InChI=1S/C10H5Br/c1-2-3-4-9-5-7-10(11)8-6-9/h1,5-8H. The van der Waals surface area contributed by atoms with Crippen LogP contribution in [-0.4, -0.2) is 0 Å². The highest BCUT2D eigenvalue weighted by Gasteiger charge is 1.85. The fraction of sp³-hybridized carbons (Fsp3) is 0. The van der Waals surface area contributed by atoms with E-state index in [4.69, 9.17) is 6.42 Å². The molecule has 0 amide bonds. The van der Waals surface area contributed by atoms with Crippen molar-refractivity contribution in [1.82, 2.24) is 0 Å². The number of hydrogen-bond donors (Lipinski definition) is 0. The van der Waals surface area contributed by atoms with E-state index in [1.807, 2.05) is 24.3 Å². The van der Waals surface area contributed by atoms with Crippen molar-refractivity contribution >= 4 is 15.9 Å². The van der Waals surface area contributed by atoms with E-state index in [-0.39, 0.29) is 0 Å². The third-order valence-corrected chi connectivity index (χ3v) is 1.65. The summed E-state index contributed by atoms with van der Waals surface area (Å²) in [6, 6.07) is 7.68. The van der Waals surface area contributed by atoms with Gasteiger partial charge in [0.2, 0.25) is 0 Å². The largest absolute Gasteiger partial charge is 0.106 e. The molecule has 0 spiro atoms. The summed E-state index contributed by atoms with van der Waals surface area (Å²) in [5.74, 6) is 7.62. The van der Waals surface area contributed by atoms with Crippen LogP contribution in [0.15, 0.2) is 28.7 Å². The van der Waals surface area contributed by atoms with Gasteiger partial charge in [0.05, 0.1) is 0 Å². The summed E-state index contributed by atoms with van der Waals surface area (Å²) < 4.78 is 1.05. The smallest absolute Gasteiger partial charge is 0.0256 e. The molecular formula is C10H5Br. The molecule has 1 rings (SSSR count). The van der Waals surface area contributed by atoms with E-state index in [0.717, 1.165) is 10.0 Å². The molecule has 0 radical (unpaired) electrons. The second kappa shape index (κ2) is 3.86. The van der Waals surface area contributed by atoms with Gasteiger partial charge in [0.15, 0.2) is 0 Å². The Morgan fingerprint density at radius 1 is 1.18 bits per heavy atom. The third kappa shape index (κ3) is 2.50. The van der Waals surface area contributed by atoms with E-state index in [1.54, 1.807) is 0 Å². The predicted octanol–water partition coefficient (Wildman–Crippen LogP) is 2.43. The molecular weight excluding hydrogens is 200 g/mol. The quantitative estimate of drug-likeness (QED) is 0.570. The average Bonchev–Trinajstić information content (AvgIpc) is 2.04. The van der Waals surface area contributed by atoms with Gasteiger partial charge in [-0.3, -0.25) is 0 Å². The summed E-state index contributed by atoms with van der Waals surface area (Å²) in [7, 11) is 0. The lowest BCUT2D eigenvalue weighted by molar-refractivity contribution is 1.61. The van der Waals surface area contributed by atoms with Crippen LogP contribution in [0.4, 0.5) is 0 Å². The summed E-state index contributed by atoms with van der Waals surface area (Å²) in [4.78, 5) is 0. The number of rotatable bonds is 0. The molecule has 11 heavy (non-hydrogen) atoms. The van der Waals surface area contributed by atoms with Gasteiger partial charge in [-0.1, -0.05) is 21.9 Å². The second-order valence-electron chi connectivity index (χ2n) is 1.90. The lowest BCUT2D eigenvalue weighted by Gasteiger charge is -1.88. The molecule has 0 fully saturated rings. The lowest BCUT2D eigenvalue weighted by atomic mass is 10.2. The van der Waals surface area contributed by atoms with Crippen LogP contribution in [0.1, 0.15) is 5.56 Å². The molecule has 0 saturated carbocycles. The number of terminal acetylenes is 1. The van der Waals surface area contributed by atoms with Crippen molar-refractivity contribution in [3.63, 3.8) is 0 Å². The zero-order valence-corrected chi connectivity index (χ0v) is 7.35. The van der Waals surface area contributed by atoms with Crippen LogP contribution in [0, 0.1) is 24.2 Å². The van der Waals surface area contributed by atoms with Crippen molar-refractivity contribution in [3.05, 3.63) is 34.3 Å². The van der Waals surface area contributed by atoms with Gasteiger partial charge in [0, 0.05) is 10.0 Å². The zero-order valence-electron chi connectivity index (χ0n) is 5.76. The van der Waals surface area contributed by atoms with E-state index in [9.17, 15) is 0 Å². The summed E-state index contributed by atoms with van der Waals surface area (Å²) in [6.07, 6.45) is 4.97. The Bertz CT molecular complexity index is 330. The average molecular weight is 205 g/mol. The van der Waals surface area contributed by atoms with Gasteiger partial charge in [0.25, 0.3) is 0 Å². The van der Waals surface area contributed by atoms with Crippen LogP contribution in [0.2, 0.25) is 0 Å². The van der Waals surface area contributed by atoms with Gasteiger partial charge in [-0.2, -0.15) is 0 Å². The van der Waals surface area contributed by atoms with Crippen molar-refractivity contribution in [2.24, 2.45) is 0 Å². The normalized spacial score (nSPS) is 7.64. The predicted molar refractivity (Wildman–Crippen MR) is 49.9 cm³/mol. The molecule has 0 aromatic heterocycles. The molecule has 52 valence electrons. The van der Waals surface area contributed by atoms with Crippen molar-refractivity contribution in [1.29, 1.82) is 0 Å².